The molecule has 2 aromatic heterocycles. The molecule has 40 heavy (non-hydrogen) atoms. The third-order valence-electron chi connectivity index (χ3n) is 7.54. The number of hydrogen-bond acceptors (Lipinski definition) is 2. The van der Waals surface area contributed by atoms with Gasteiger partial charge in [0.15, 0.2) is 0 Å². The molecule has 0 amide bonds. The van der Waals surface area contributed by atoms with Gasteiger partial charge in [-0.1, -0.05) is 91.0 Å². The molecule has 0 saturated heterocycles. The van der Waals surface area contributed by atoms with Crippen LogP contribution in [0.2, 0.25) is 0 Å². The summed E-state index contributed by atoms with van der Waals surface area (Å²) < 4.78 is 16.0. The van der Waals surface area contributed by atoms with Crippen molar-refractivity contribution in [2.24, 2.45) is 0 Å². The molecule has 3 nitrogen and oxygen atoms in total. The minimum atomic E-state index is 0.749. The number of benzene rings is 6. The van der Waals surface area contributed by atoms with E-state index in [9.17, 15) is 0 Å². The summed E-state index contributed by atoms with van der Waals surface area (Å²) in [5.74, 6) is 1.50. The average molecular weight is 580 g/mol. The molecule has 4 heteroatoms. The number of para-hydroxylation sites is 4. The fraction of sp³-hybridized carbons (Fsp3) is 0. The lowest BCUT2D eigenvalue weighted by Crippen LogP contribution is -1.97. The first kappa shape index (κ1) is 23.1. The summed E-state index contributed by atoms with van der Waals surface area (Å²) in [6.07, 6.45) is 0. The van der Waals surface area contributed by atoms with Gasteiger partial charge in [-0.3, -0.25) is 0 Å². The number of halogens is 1. The van der Waals surface area contributed by atoms with E-state index in [2.05, 4.69) is 111 Å². The summed E-state index contributed by atoms with van der Waals surface area (Å²) in [5, 5.41) is 4.69. The fourth-order valence-electron chi connectivity index (χ4n) is 5.76. The normalized spacial score (nSPS) is 11.6. The standard InChI is InChI=1S/C36H22BrNO2/c37-35-32(38-30-17-4-1-12-26(30)27-13-2-5-18-31(27)38)19-9-21-34(35)39-24-11-7-10-23(22-24)25-15-8-16-29-28-14-3-6-20-33(28)40-36(25)29/h1-22H. The maximum absolute atomic E-state index is 6.51. The lowest BCUT2D eigenvalue weighted by atomic mass is 10.0. The number of nitrogens with zero attached hydrogens (tertiary/aromatic N) is 1. The Morgan fingerprint density at radius 1 is 0.575 bits per heavy atom. The second kappa shape index (κ2) is 9.15. The molecule has 8 aromatic rings. The minimum absolute atomic E-state index is 0.749. The first-order valence-electron chi connectivity index (χ1n) is 13.2. The molecule has 0 bridgehead atoms. The van der Waals surface area contributed by atoms with Crippen LogP contribution in [0.25, 0.3) is 60.6 Å². The highest BCUT2D eigenvalue weighted by Gasteiger charge is 2.17. The van der Waals surface area contributed by atoms with Gasteiger partial charge < -0.3 is 13.7 Å². The molecule has 190 valence electrons. The molecule has 0 saturated carbocycles. The molecule has 6 aromatic carbocycles. The molecule has 0 N–H and O–H groups in total. The van der Waals surface area contributed by atoms with E-state index in [-0.39, 0.29) is 0 Å². The minimum Gasteiger partial charge on any atom is -0.456 e. The van der Waals surface area contributed by atoms with Crippen molar-refractivity contribution in [2.75, 3.05) is 0 Å². The van der Waals surface area contributed by atoms with Gasteiger partial charge in [0.05, 0.1) is 21.2 Å². The van der Waals surface area contributed by atoms with Gasteiger partial charge in [0.1, 0.15) is 22.7 Å². The molecule has 8 rings (SSSR count). The van der Waals surface area contributed by atoms with Crippen molar-refractivity contribution in [1.82, 2.24) is 4.57 Å². The molecule has 0 aliphatic heterocycles. The van der Waals surface area contributed by atoms with Gasteiger partial charge in [0, 0.05) is 27.1 Å². The van der Waals surface area contributed by atoms with Crippen LogP contribution in [0, 0.1) is 0 Å². The Morgan fingerprint density at radius 3 is 2.02 bits per heavy atom. The first-order valence-corrected chi connectivity index (χ1v) is 14.0. The molecule has 0 atom stereocenters. The van der Waals surface area contributed by atoms with E-state index in [0.717, 1.165) is 65.8 Å². The number of hydrogen-bond donors (Lipinski definition) is 0. The molecule has 0 aliphatic rings. The van der Waals surface area contributed by atoms with Crippen LogP contribution in [0.4, 0.5) is 0 Å². The Bertz CT molecular complexity index is 2170. The fourth-order valence-corrected chi connectivity index (χ4v) is 6.28. The van der Waals surface area contributed by atoms with Crippen LogP contribution in [0.1, 0.15) is 0 Å². The number of aromatic nitrogens is 1. The third kappa shape index (κ3) is 3.57. The monoisotopic (exact) mass is 579 g/mol. The van der Waals surface area contributed by atoms with Gasteiger partial charge in [-0.2, -0.15) is 0 Å². The van der Waals surface area contributed by atoms with Crippen LogP contribution < -0.4 is 4.74 Å². The molecule has 0 spiro atoms. The van der Waals surface area contributed by atoms with E-state index in [1.165, 1.54) is 10.8 Å². The van der Waals surface area contributed by atoms with Crippen LogP contribution in [0.3, 0.4) is 0 Å². The molecule has 0 radical (unpaired) electrons. The van der Waals surface area contributed by atoms with Crippen LogP contribution in [0.5, 0.6) is 11.5 Å². The van der Waals surface area contributed by atoms with Crippen LogP contribution in [0.15, 0.2) is 142 Å². The maximum atomic E-state index is 6.51. The summed E-state index contributed by atoms with van der Waals surface area (Å²) in [6, 6.07) is 45.8. The molecule has 0 fully saturated rings. The van der Waals surface area contributed by atoms with E-state index in [0.29, 0.717) is 0 Å². The highest BCUT2D eigenvalue weighted by Crippen LogP contribution is 2.41. The summed E-state index contributed by atoms with van der Waals surface area (Å²) in [6.45, 7) is 0. The number of furan rings is 1. The quantitative estimate of drug-likeness (QED) is 0.207. The highest BCUT2D eigenvalue weighted by molar-refractivity contribution is 9.10. The van der Waals surface area contributed by atoms with Crippen molar-refractivity contribution in [3.8, 4) is 28.3 Å². The number of ether oxygens (including phenoxy) is 1. The van der Waals surface area contributed by atoms with Gasteiger partial charge in [-0.25, -0.2) is 0 Å². The van der Waals surface area contributed by atoms with Gasteiger partial charge in [-0.15, -0.1) is 0 Å². The van der Waals surface area contributed by atoms with Crippen molar-refractivity contribution in [2.45, 2.75) is 0 Å². The highest BCUT2D eigenvalue weighted by atomic mass is 79.9. The van der Waals surface area contributed by atoms with Gasteiger partial charge in [-0.05, 0) is 64.0 Å². The van der Waals surface area contributed by atoms with Crippen molar-refractivity contribution in [3.63, 3.8) is 0 Å². The lowest BCUT2D eigenvalue weighted by molar-refractivity contribution is 0.479. The Kier molecular flexibility index (Phi) is 5.29. The van der Waals surface area contributed by atoms with Crippen LogP contribution >= 0.6 is 15.9 Å². The summed E-state index contributed by atoms with van der Waals surface area (Å²) in [7, 11) is 0. The Hall–Kier alpha value is -4.80. The van der Waals surface area contributed by atoms with Crippen molar-refractivity contribution in [3.05, 3.63) is 138 Å². The zero-order chi connectivity index (χ0) is 26.6. The van der Waals surface area contributed by atoms with Crippen LogP contribution in [-0.2, 0) is 0 Å². The van der Waals surface area contributed by atoms with Gasteiger partial charge in [0.25, 0.3) is 0 Å². The zero-order valence-corrected chi connectivity index (χ0v) is 22.9. The Labute approximate surface area is 239 Å². The molecule has 2 heterocycles. The van der Waals surface area contributed by atoms with E-state index in [1.54, 1.807) is 0 Å². The average Bonchev–Trinajstić information content (AvgIpc) is 3.55. The Balaban J connectivity index is 1.22. The molecule has 0 aliphatic carbocycles. The number of rotatable bonds is 4. The van der Waals surface area contributed by atoms with Gasteiger partial charge in [0.2, 0.25) is 0 Å². The second-order valence-corrected chi connectivity index (χ2v) is 10.7. The second-order valence-electron chi connectivity index (χ2n) is 9.87. The van der Waals surface area contributed by atoms with Crippen molar-refractivity contribution in [1.29, 1.82) is 0 Å². The predicted molar refractivity (Wildman–Crippen MR) is 168 cm³/mol. The molecular weight excluding hydrogens is 558 g/mol. The first-order chi connectivity index (χ1) is 19.8. The topological polar surface area (TPSA) is 27.3 Å². The van der Waals surface area contributed by atoms with Crippen molar-refractivity contribution < 1.29 is 9.15 Å². The summed E-state index contributed by atoms with van der Waals surface area (Å²) >= 11 is 3.89. The maximum Gasteiger partial charge on any atom is 0.143 e. The Morgan fingerprint density at radius 2 is 1.23 bits per heavy atom. The van der Waals surface area contributed by atoms with Crippen molar-refractivity contribution >= 4 is 59.7 Å². The van der Waals surface area contributed by atoms with Gasteiger partial charge >= 0.3 is 0 Å². The number of fused-ring (bicyclic) bond motifs is 6. The SMILES string of the molecule is Brc1c(Oc2cccc(-c3cccc4c3oc3ccccc34)c2)cccc1-n1c2ccccc2c2ccccc21. The molecule has 0 unspecified atom stereocenters. The zero-order valence-electron chi connectivity index (χ0n) is 21.3. The largest absolute Gasteiger partial charge is 0.456 e. The van der Waals surface area contributed by atoms with E-state index >= 15 is 0 Å². The lowest BCUT2D eigenvalue weighted by Gasteiger charge is -2.15. The van der Waals surface area contributed by atoms with Crippen LogP contribution in [-0.4, -0.2) is 4.57 Å². The van der Waals surface area contributed by atoms with E-state index in [1.807, 2.05) is 42.5 Å². The molecular formula is C36H22BrNO2. The predicted octanol–water partition coefficient (Wildman–Crippen LogP) is 10.9. The summed E-state index contributed by atoms with van der Waals surface area (Å²) in [4.78, 5) is 0. The summed E-state index contributed by atoms with van der Waals surface area (Å²) in [5.41, 5.74) is 7.19. The van der Waals surface area contributed by atoms with E-state index in [4.69, 9.17) is 9.15 Å². The van der Waals surface area contributed by atoms with E-state index < -0.39 is 0 Å². The third-order valence-corrected chi connectivity index (χ3v) is 8.34. The smallest absolute Gasteiger partial charge is 0.143 e.